The average Bonchev–Trinajstić information content (AvgIpc) is 3.27. The highest BCUT2D eigenvalue weighted by Gasteiger charge is 2.36. The molecule has 1 N–H and O–H groups in total. The Morgan fingerprint density at radius 1 is 1.02 bits per heavy atom. The van der Waals surface area contributed by atoms with E-state index in [2.05, 4.69) is 5.32 Å². The summed E-state index contributed by atoms with van der Waals surface area (Å²) in [5.41, 5.74) is 1.57. The second-order valence-corrected chi connectivity index (χ2v) is 10.9. The first-order chi connectivity index (χ1) is 21.6. The Morgan fingerprint density at radius 2 is 1.78 bits per heavy atom. The summed E-state index contributed by atoms with van der Waals surface area (Å²) < 4.78 is 16.7. The van der Waals surface area contributed by atoms with E-state index < -0.39 is 34.5 Å². The number of nitro benzene ring substituents is 1. The Labute approximate surface area is 267 Å². The van der Waals surface area contributed by atoms with Gasteiger partial charge < -0.3 is 19.5 Å². The number of carbonyl (C=O) groups excluding carboxylic acids is 4. The minimum Gasteiger partial charge on any atom is -0.490 e. The monoisotopic (exact) mass is 653 g/mol. The van der Waals surface area contributed by atoms with E-state index >= 15 is 0 Å². The van der Waals surface area contributed by atoms with E-state index in [4.69, 9.17) is 25.8 Å². The first-order valence-corrected chi connectivity index (χ1v) is 14.9. The lowest BCUT2D eigenvalue weighted by Crippen LogP contribution is -2.36. The van der Waals surface area contributed by atoms with Crippen molar-refractivity contribution < 1.29 is 38.3 Å². The number of anilines is 1. The second-order valence-electron chi connectivity index (χ2n) is 9.50. The van der Waals surface area contributed by atoms with Crippen LogP contribution in [0.25, 0.3) is 6.08 Å². The molecular formula is C31H28ClN3O9S. The molecule has 0 spiro atoms. The predicted octanol–water partition coefficient (Wildman–Crippen LogP) is 6.47. The second kappa shape index (κ2) is 15.2. The molecule has 3 aromatic rings. The summed E-state index contributed by atoms with van der Waals surface area (Å²) in [6.07, 6.45) is 2.14. The van der Waals surface area contributed by atoms with Crippen LogP contribution in [0.3, 0.4) is 0 Å². The average molecular weight is 654 g/mol. The van der Waals surface area contributed by atoms with Crippen LogP contribution in [0.4, 0.5) is 16.2 Å². The number of esters is 1. The highest BCUT2D eigenvalue weighted by atomic mass is 35.5. The molecule has 0 saturated carbocycles. The van der Waals surface area contributed by atoms with Crippen molar-refractivity contribution in [2.24, 2.45) is 0 Å². The summed E-state index contributed by atoms with van der Waals surface area (Å²) >= 11 is 6.80. The number of non-ortho nitro benzene ring substituents is 1. The van der Waals surface area contributed by atoms with Crippen LogP contribution in [0.1, 0.15) is 41.8 Å². The SMILES string of the molecule is CCCOC(=O)c1cc(NC(=O)CN2C(=O)S/C(=C/c3ccc(OCc4ccc([N+](=O)[O-])cc4)c(OCC)c3)C2=O)ccc1Cl. The fraction of sp³-hybridized carbons (Fsp3) is 0.226. The number of benzene rings is 3. The maximum Gasteiger partial charge on any atom is 0.339 e. The fourth-order valence-electron chi connectivity index (χ4n) is 4.04. The third-order valence-corrected chi connectivity index (χ3v) is 7.43. The van der Waals surface area contributed by atoms with E-state index in [1.165, 1.54) is 36.4 Å². The molecule has 0 radical (unpaired) electrons. The van der Waals surface area contributed by atoms with E-state index in [1.54, 1.807) is 37.3 Å². The standard InChI is InChI=1S/C31H28ClN3O9S/c1-3-13-43-30(38)23-16-21(8-11-24(23)32)33-28(36)17-34-29(37)27(45-31(34)39)15-20-7-12-25(26(14-20)42-4-2)44-18-19-5-9-22(10-6-19)35(40)41/h5-12,14-16H,3-4,13,17-18H2,1-2H3,(H,33,36)/b27-15+. The molecule has 12 nitrogen and oxygen atoms in total. The van der Waals surface area contributed by atoms with Crippen molar-refractivity contribution in [1.29, 1.82) is 0 Å². The number of halogens is 1. The van der Waals surface area contributed by atoms with Gasteiger partial charge >= 0.3 is 5.97 Å². The molecule has 3 amide bonds. The molecule has 4 rings (SSSR count). The molecule has 14 heteroatoms. The van der Waals surface area contributed by atoms with Crippen LogP contribution in [-0.2, 0) is 20.9 Å². The van der Waals surface area contributed by atoms with Gasteiger partial charge in [0.15, 0.2) is 11.5 Å². The van der Waals surface area contributed by atoms with E-state index in [1.807, 2.05) is 6.92 Å². The molecular weight excluding hydrogens is 626 g/mol. The molecule has 3 aromatic carbocycles. The summed E-state index contributed by atoms with van der Waals surface area (Å²) in [5, 5.41) is 13.0. The van der Waals surface area contributed by atoms with E-state index in [9.17, 15) is 29.3 Å². The molecule has 0 bridgehead atoms. The topological polar surface area (TPSA) is 154 Å². The van der Waals surface area contributed by atoms with Gasteiger partial charge in [-0.15, -0.1) is 0 Å². The Kier molecular flexibility index (Phi) is 11.2. The minimum absolute atomic E-state index is 0.0234. The molecule has 1 fully saturated rings. The lowest BCUT2D eigenvalue weighted by atomic mass is 10.1. The fourth-order valence-corrected chi connectivity index (χ4v) is 5.07. The van der Waals surface area contributed by atoms with Crippen molar-refractivity contribution in [2.75, 3.05) is 25.1 Å². The number of amides is 3. The summed E-state index contributed by atoms with van der Waals surface area (Å²) in [4.78, 5) is 62.0. The van der Waals surface area contributed by atoms with Gasteiger partial charge in [0.1, 0.15) is 13.2 Å². The molecule has 1 saturated heterocycles. The molecule has 1 aliphatic heterocycles. The van der Waals surface area contributed by atoms with E-state index in [-0.39, 0.29) is 40.1 Å². The maximum atomic E-state index is 13.1. The number of rotatable bonds is 13. The quantitative estimate of drug-likeness (QED) is 0.0939. The van der Waals surface area contributed by atoms with Crippen molar-refractivity contribution in [3.63, 3.8) is 0 Å². The summed E-state index contributed by atoms with van der Waals surface area (Å²) in [6.45, 7) is 3.79. The van der Waals surface area contributed by atoms with Gasteiger partial charge in [0.25, 0.3) is 16.8 Å². The van der Waals surface area contributed by atoms with Crippen LogP contribution >= 0.6 is 23.4 Å². The normalized spacial score (nSPS) is 13.6. The molecule has 0 unspecified atom stereocenters. The van der Waals surface area contributed by atoms with Gasteiger partial charge in [-0.3, -0.25) is 29.4 Å². The largest absolute Gasteiger partial charge is 0.490 e. The number of ether oxygens (including phenoxy) is 3. The Morgan fingerprint density at radius 3 is 2.47 bits per heavy atom. The number of carbonyl (C=O) groups is 4. The lowest BCUT2D eigenvalue weighted by Gasteiger charge is -2.14. The summed E-state index contributed by atoms with van der Waals surface area (Å²) in [5.74, 6) is -1.11. The van der Waals surface area contributed by atoms with Crippen LogP contribution in [-0.4, -0.2) is 52.6 Å². The maximum absolute atomic E-state index is 13.1. The molecule has 234 valence electrons. The van der Waals surface area contributed by atoms with Gasteiger partial charge in [0.05, 0.1) is 33.6 Å². The van der Waals surface area contributed by atoms with Gasteiger partial charge in [-0.1, -0.05) is 24.6 Å². The Hall–Kier alpha value is -4.88. The van der Waals surface area contributed by atoms with Crippen LogP contribution in [0.15, 0.2) is 65.6 Å². The van der Waals surface area contributed by atoms with Gasteiger partial charge in [0, 0.05) is 17.8 Å². The van der Waals surface area contributed by atoms with E-state index in [0.29, 0.717) is 41.9 Å². The number of hydrogen-bond acceptors (Lipinski definition) is 10. The Bertz CT molecular complexity index is 1660. The van der Waals surface area contributed by atoms with Gasteiger partial charge in [-0.2, -0.15) is 0 Å². The highest BCUT2D eigenvalue weighted by molar-refractivity contribution is 8.18. The molecule has 0 atom stereocenters. The minimum atomic E-state index is -0.651. The zero-order chi connectivity index (χ0) is 32.5. The van der Waals surface area contributed by atoms with Crippen LogP contribution in [0.5, 0.6) is 11.5 Å². The smallest absolute Gasteiger partial charge is 0.339 e. The van der Waals surface area contributed by atoms with Crippen molar-refractivity contribution >= 4 is 63.8 Å². The van der Waals surface area contributed by atoms with Gasteiger partial charge in [-0.25, -0.2) is 4.79 Å². The number of imide groups is 1. The summed E-state index contributed by atoms with van der Waals surface area (Å²) in [7, 11) is 0. The van der Waals surface area contributed by atoms with Crippen molar-refractivity contribution in [3.05, 3.63) is 97.4 Å². The predicted molar refractivity (Wildman–Crippen MR) is 168 cm³/mol. The first-order valence-electron chi connectivity index (χ1n) is 13.7. The molecule has 0 aromatic heterocycles. The van der Waals surface area contributed by atoms with Gasteiger partial charge in [-0.05, 0) is 84.8 Å². The highest BCUT2D eigenvalue weighted by Crippen LogP contribution is 2.35. The molecule has 45 heavy (non-hydrogen) atoms. The first kappa shape index (κ1) is 33.0. The zero-order valence-corrected chi connectivity index (χ0v) is 25.8. The molecule has 1 aliphatic rings. The Balaban J connectivity index is 1.41. The van der Waals surface area contributed by atoms with Crippen molar-refractivity contribution in [1.82, 2.24) is 4.90 Å². The number of nitro groups is 1. The van der Waals surface area contributed by atoms with Gasteiger partial charge in [0.2, 0.25) is 5.91 Å². The van der Waals surface area contributed by atoms with Crippen molar-refractivity contribution in [2.45, 2.75) is 26.9 Å². The summed E-state index contributed by atoms with van der Waals surface area (Å²) in [6, 6.07) is 15.2. The third-order valence-electron chi connectivity index (χ3n) is 6.19. The number of hydrogen-bond donors (Lipinski definition) is 1. The number of thioether (sulfide) groups is 1. The number of nitrogens with zero attached hydrogens (tertiary/aromatic N) is 2. The van der Waals surface area contributed by atoms with Crippen LogP contribution in [0.2, 0.25) is 5.02 Å². The lowest BCUT2D eigenvalue weighted by molar-refractivity contribution is -0.384. The van der Waals surface area contributed by atoms with Crippen LogP contribution in [0, 0.1) is 10.1 Å². The molecule has 0 aliphatic carbocycles. The van der Waals surface area contributed by atoms with Crippen LogP contribution < -0.4 is 14.8 Å². The van der Waals surface area contributed by atoms with Crippen molar-refractivity contribution in [3.8, 4) is 11.5 Å². The van der Waals surface area contributed by atoms with E-state index in [0.717, 1.165) is 10.5 Å². The third kappa shape index (κ3) is 8.61. The molecule has 1 heterocycles. The number of nitrogens with one attached hydrogen (secondary N) is 1. The zero-order valence-electron chi connectivity index (χ0n) is 24.2.